The molecule has 1 amide bonds. The summed E-state index contributed by atoms with van der Waals surface area (Å²) < 4.78 is 6.95. The van der Waals surface area contributed by atoms with E-state index in [0.717, 1.165) is 11.4 Å². The summed E-state index contributed by atoms with van der Waals surface area (Å²) in [4.78, 5) is 14.7. The smallest absolute Gasteiger partial charge is 0.326 e. The summed E-state index contributed by atoms with van der Waals surface area (Å²) in [5, 5.41) is 0. The van der Waals surface area contributed by atoms with Crippen LogP contribution in [-0.2, 0) is 4.79 Å². The number of hydrogen-bond acceptors (Lipinski definition) is 3. The zero-order valence-corrected chi connectivity index (χ0v) is 14.6. The predicted octanol–water partition coefficient (Wildman–Crippen LogP) is -1.06. The highest BCUT2D eigenvalue weighted by molar-refractivity contribution is 6.23. The summed E-state index contributed by atoms with van der Waals surface area (Å²) in [6.45, 7) is 3.89. The van der Waals surface area contributed by atoms with Crippen LogP contribution in [0, 0.1) is 0 Å². The first kappa shape index (κ1) is 17.8. The summed E-state index contributed by atoms with van der Waals surface area (Å²) in [6, 6.07) is 13.0. The minimum Gasteiger partial charge on any atom is -1.00 e. The molecule has 1 aromatic heterocycles. The molecule has 1 aliphatic heterocycles. The van der Waals surface area contributed by atoms with Gasteiger partial charge in [0.25, 0.3) is 5.70 Å². The van der Waals surface area contributed by atoms with Gasteiger partial charge in [0.2, 0.25) is 0 Å². The highest BCUT2D eigenvalue weighted by atomic mass is 35.5. The summed E-state index contributed by atoms with van der Waals surface area (Å²) >= 11 is 0. The van der Waals surface area contributed by atoms with Crippen molar-refractivity contribution in [3.05, 3.63) is 60.6 Å². The molecule has 2 N–H and O–H groups in total. The van der Waals surface area contributed by atoms with Crippen LogP contribution in [0.3, 0.4) is 0 Å². The van der Waals surface area contributed by atoms with Gasteiger partial charge in [0, 0.05) is 17.8 Å². The molecule has 126 valence electrons. The lowest BCUT2D eigenvalue weighted by molar-refractivity contribution is -0.577. The van der Waals surface area contributed by atoms with E-state index >= 15 is 0 Å². The van der Waals surface area contributed by atoms with Crippen molar-refractivity contribution >= 4 is 17.3 Å². The van der Waals surface area contributed by atoms with Gasteiger partial charge in [-0.2, -0.15) is 4.57 Å². The average Bonchev–Trinajstić information content (AvgIpc) is 2.74. The number of anilines is 1. The van der Waals surface area contributed by atoms with E-state index in [2.05, 4.69) is 0 Å². The van der Waals surface area contributed by atoms with Crippen LogP contribution in [0.4, 0.5) is 5.69 Å². The maximum absolute atomic E-state index is 13.0. The fourth-order valence-corrected chi connectivity index (χ4v) is 2.85. The summed E-state index contributed by atoms with van der Waals surface area (Å²) in [7, 11) is 1.61. The molecule has 0 radical (unpaired) electrons. The highest BCUT2D eigenvalue weighted by Gasteiger charge is 2.49. The van der Waals surface area contributed by atoms with E-state index in [-0.39, 0.29) is 18.3 Å². The van der Waals surface area contributed by atoms with Crippen molar-refractivity contribution < 1.29 is 26.5 Å². The van der Waals surface area contributed by atoms with Gasteiger partial charge >= 0.3 is 5.91 Å². The van der Waals surface area contributed by atoms with E-state index < -0.39 is 5.54 Å². The second kappa shape index (κ2) is 6.53. The molecule has 0 bridgehead atoms. The lowest BCUT2D eigenvalue weighted by atomic mass is 10.0. The quantitative estimate of drug-likeness (QED) is 0.721. The number of amides is 1. The van der Waals surface area contributed by atoms with E-state index in [1.165, 1.54) is 0 Å². The molecule has 24 heavy (non-hydrogen) atoms. The Morgan fingerprint density at radius 2 is 1.67 bits per heavy atom. The van der Waals surface area contributed by atoms with Crippen LogP contribution in [0.15, 0.2) is 60.6 Å². The van der Waals surface area contributed by atoms with Crippen LogP contribution in [0.2, 0.25) is 0 Å². The van der Waals surface area contributed by atoms with Gasteiger partial charge < -0.3 is 22.9 Å². The molecular formula is C18H20ClN3O2. The van der Waals surface area contributed by atoms with Gasteiger partial charge in [-0.1, -0.05) is 6.07 Å². The third kappa shape index (κ3) is 2.71. The Morgan fingerprint density at radius 1 is 1.08 bits per heavy atom. The maximum Gasteiger partial charge on any atom is 0.326 e. The van der Waals surface area contributed by atoms with Crippen molar-refractivity contribution in [2.24, 2.45) is 5.73 Å². The van der Waals surface area contributed by atoms with Gasteiger partial charge in [0.1, 0.15) is 11.4 Å². The zero-order chi connectivity index (χ0) is 16.6. The third-order valence-electron chi connectivity index (χ3n) is 4.18. The Kier molecular flexibility index (Phi) is 4.85. The molecule has 1 aliphatic rings. The fraction of sp³-hybridized carbons (Fsp3) is 0.222. The number of hydrogen-bond donors (Lipinski definition) is 1. The molecule has 0 fully saturated rings. The Morgan fingerprint density at radius 3 is 2.21 bits per heavy atom. The number of carbonyl (C=O) groups excluding carboxylic acids is 1. The predicted molar refractivity (Wildman–Crippen MR) is 88.6 cm³/mol. The van der Waals surface area contributed by atoms with E-state index in [4.69, 9.17) is 10.5 Å². The normalized spacial score (nSPS) is 16.1. The number of nitrogens with two attached hydrogens (primary N) is 1. The van der Waals surface area contributed by atoms with Gasteiger partial charge in [-0.15, -0.1) is 0 Å². The first-order valence-electron chi connectivity index (χ1n) is 7.42. The van der Waals surface area contributed by atoms with Crippen LogP contribution < -0.4 is 32.3 Å². The van der Waals surface area contributed by atoms with Gasteiger partial charge in [0.15, 0.2) is 12.4 Å². The Labute approximate surface area is 147 Å². The molecule has 6 heteroatoms. The molecule has 1 aromatic carbocycles. The lowest BCUT2D eigenvalue weighted by Crippen LogP contribution is -3.00. The second-order valence-electron chi connectivity index (χ2n) is 5.94. The summed E-state index contributed by atoms with van der Waals surface area (Å²) in [5.74, 6) is 0.630. The highest BCUT2D eigenvalue weighted by Crippen LogP contribution is 2.37. The second-order valence-corrected chi connectivity index (χ2v) is 5.94. The topological polar surface area (TPSA) is 59.4 Å². The lowest BCUT2D eigenvalue weighted by Gasteiger charge is -2.31. The molecule has 2 aromatic rings. The SMILES string of the molecule is COc1ccc(N2C(=O)C([n+]3ccccc3)=C(N)C2(C)C)cc1.[Cl-]. The van der Waals surface area contributed by atoms with Gasteiger partial charge in [-0.05, 0) is 38.1 Å². The number of halogens is 1. The van der Waals surface area contributed by atoms with E-state index in [0.29, 0.717) is 11.4 Å². The third-order valence-corrected chi connectivity index (χ3v) is 4.18. The van der Waals surface area contributed by atoms with Crippen molar-refractivity contribution in [3.8, 4) is 5.75 Å². The van der Waals surface area contributed by atoms with E-state index in [1.807, 2.05) is 68.7 Å². The van der Waals surface area contributed by atoms with Crippen LogP contribution in [0.1, 0.15) is 13.8 Å². The summed E-state index contributed by atoms with van der Waals surface area (Å²) in [5.41, 5.74) is 7.56. The molecular weight excluding hydrogens is 326 g/mol. The Bertz CT molecular complexity index is 771. The van der Waals surface area contributed by atoms with Crippen molar-refractivity contribution in [1.82, 2.24) is 0 Å². The van der Waals surface area contributed by atoms with Crippen molar-refractivity contribution in [1.29, 1.82) is 0 Å². The van der Waals surface area contributed by atoms with E-state index in [1.54, 1.807) is 16.6 Å². The van der Waals surface area contributed by atoms with E-state index in [9.17, 15) is 4.79 Å². The number of methoxy groups -OCH3 is 1. The molecule has 2 heterocycles. The number of aromatic nitrogens is 1. The average molecular weight is 346 g/mol. The number of carbonyl (C=O) groups is 1. The standard InChI is InChI=1S/C18H19N3O2.ClH/c1-18(2)16(19)15(20-11-5-4-6-12-20)17(22)21(18)13-7-9-14(23-3)10-8-13;/h4-12H,1-3H3,(H-,19,22);1H. The molecule has 0 saturated carbocycles. The first-order chi connectivity index (χ1) is 11.0. The zero-order valence-electron chi connectivity index (χ0n) is 13.9. The van der Waals surface area contributed by atoms with Gasteiger partial charge in [-0.3, -0.25) is 9.69 Å². The Balaban J connectivity index is 0.00000208. The molecule has 0 atom stereocenters. The minimum absolute atomic E-state index is 0. The molecule has 3 rings (SSSR count). The van der Waals surface area contributed by atoms with Crippen LogP contribution in [0.5, 0.6) is 5.75 Å². The largest absolute Gasteiger partial charge is 1.00 e. The monoisotopic (exact) mass is 345 g/mol. The van der Waals surface area contributed by atoms with Crippen LogP contribution >= 0.6 is 0 Å². The first-order valence-corrected chi connectivity index (χ1v) is 7.42. The molecule has 0 aliphatic carbocycles. The van der Waals surface area contributed by atoms with Gasteiger partial charge in [0.05, 0.1) is 12.6 Å². The maximum atomic E-state index is 13.0. The van der Waals surface area contributed by atoms with Crippen molar-refractivity contribution in [2.75, 3.05) is 12.0 Å². The molecule has 0 saturated heterocycles. The minimum atomic E-state index is -0.607. The summed E-state index contributed by atoms with van der Waals surface area (Å²) in [6.07, 6.45) is 3.65. The van der Waals surface area contributed by atoms with Crippen molar-refractivity contribution in [2.45, 2.75) is 19.4 Å². The number of benzene rings is 1. The molecule has 0 unspecified atom stereocenters. The number of nitrogens with zero attached hydrogens (tertiary/aromatic N) is 2. The van der Waals surface area contributed by atoms with Crippen molar-refractivity contribution in [3.63, 3.8) is 0 Å². The Hall–Kier alpha value is -2.53. The van der Waals surface area contributed by atoms with Gasteiger partial charge in [-0.25, -0.2) is 0 Å². The van der Waals surface area contributed by atoms with Crippen LogP contribution in [0.25, 0.3) is 5.70 Å². The molecule has 0 spiro atoms. The fourth-order valence-electron chi connectivity index (χ4n) is 2.85. The number of ether oxygens (including phenoxy) is 1. The van der Waals surface area contributed by atoms with Crippen LogP contribution in [-0.4, -0.2) is 18.6 Å². The molecule has 5 nitrogen and oxygen atoms in total. The number of rotatable bonds is 3. The number of pyridine rings is 1.